The zero-order valence-electron chi connectivity index (χ0n) is 9.52. The largest absolute Gasteiger partial charge is 0.438 e. The van der Waals surface area contributed by atoms with Crippen LogP contribution >= 0.6 is 0 Å². The van der Waals surface area contributed by atoms with Crippen LogP contribution in [0, 0.1) is 0 Å². The van der Waals surface area contributed by atoms with Crippen LogP contribution in [0.4, 0.5) is 13.2 Å². The van der Waals surface area contributed by atoms with Crippen LogP contribution in [0.25, 0.3) is 0 Å². The maximum Gasteiger partial charge on any atom is 0.421 e. The highest BCUT2D eigenvalue weighted by atomic mass is 19.4. The molecule has 0 fully saturated rings. The minimum absolute atomic E-state index is 0.176. The lowest BCUT2D eigenvalue weighted by atomic mass is 10.2. The SMILES string of the molecule is O=Cc1ccc(Oc2ncccc2C(F)(F)F)cc1. The van der Waals surface area contributed by atoms with Crippen LogP contribution in [0.15, 0.2) is 42.6 Å². The van der Waals surface area contributed by atoms with E-state index in [1.807, 2.05) is 0 Å². The summed E-state index contributed by atoms with van der Waals surface area (Å²) in [5.41, 5.74) is -0.543. The van der Waals surface area contributed by atoms with Crippen molar-refractivity contribution in [1.82, 2.24) is 4.98 Å². The molecule has 0 saturated heterocycles. The van der Waals surface area contributed by atoms with Gasteiger partial charge in [-0.05, 0) is 36.4 Å². The highest BCUT2D eigenvalue weighted by Gasteiger charge is 2.35. The number of alkyl halides is 3. The Hall–Kier alpha value is -2.37. The van der Waals surface area contributed by atoms with Gasteiger partial charge in [0.2, 0.25) is 5.88 Å². The number of halogens is 3. The quantitative estimate of drug-likeness (QED) is 0.796. The predicted molar refractivity (Wildman–Crippen MR) is 61.1 cm³/mol. The number of nitrogens with zero attached hydrogens (tertiary/aromatic N) is 1. The van der Waals surface area contributed by atoms with Crippen molar-refractivity contribution in [1.29, 1.82) is 0 Å². The maximum atomic E-state index is 12.7. The molecule has 0 spiro atoms. The van der Waals surface area contributed by atoms with E-state index in [0.717, 1.165) is 6.07 Å². The van der Waals surface area contributed by atoms with Crippen molar-refractivity contribution >= 4 is 6.29 Å². The zero-order chi connectivity index (χ0) is 13.9. The van der Waals surface area contributed by atoms with E-state index in [9.17, 15) is 18.0 Å². The van der Waals surface area contributed by atoms with Crippen LogP contribution < -0.4 is 4.74 Å². The molecule has 2 aromatic rings. The lowest BCUT2D eigenvalue weighted by molar-refractivity contribution is -0.138. The molecule has 1 aromatic heterocycles. The summed E-state index contributed by atoms with van der Waals surface area (Å²) in [4.78, 5) is 14.0. The average molecular weight is 267 g/mol. The molecule has 0 radical (unpaired) electrons. The van der Waals surface area contributed by atoms with Gasteiger partial charge in [0.05, 0.1) is 0 Å². The Balaban J connectivity index is 2.30. The summed E-state index contributed by atoms with van der Waals surface area (Å²) < 4.78 is 43.2. The second-order valence-electron chi connectivity index (χ2n) is 3.64. The molecular formula is C13H8F3NO2. The van der Waals surface area contributed by atoms with Gasteiger partial charge in [-0.25, -0.2) is 4.98 Å². The van der Waals surface area contributed by atoms with Crippen LogP contribution in [-0.4, -0.2) is 11.3 Å². The van der Waals surface area contributed by atoms with Gasteiger partial charge in [0, 0.05) is 11.8 Å². The van der Waals surface area contributed by atoms with Gasteiger partial charge in [0.1, 0.15) is 17.6 Å². The topological polar surface area (TPSA) is 39.2 Å². The summed E-state index contributed by atoms with van der Waals surface area (Å²) >= 11 is 0. The van der Waals surface area contributed by atoms with Gasteiger partial charge < -0.3 is 4.74 Å². The molecule has 0 amide bonds. The molecule has 6 heteroatoms. The van der Waals surface area contributed by atoms with Gasteiger partial charge in [-0.3, -0.25) is 4.79 Å². The van der Waals surface area contributed by atoms with Crippen molar-refractivity contribution in [3.05, 3.63) is 53.7 Å². The first-order chi connectivity index (χ1) is 9.00. The van der Waals surface area contributed by atoms with Gasteiger partial charge in [-0.15, -0.1) is 0 Å². The summed E-state index contributed by atoms with van der Waals surface area (Å²) in [7, 11) is 0. The van der Waals surface area contributed by atoms with Crippen molar-refractivity contribution in [3.63, 3.8) is 0 Å². The van der Waals surface area contributed by atoms with Crippen LogP contribution in [0.2, 0.25) is 0 Å². The minimum Gasteiger partial charge on any atom is -0.438 e. The Bertz CT molecular complexity index is 579. The van der Waals surface area contributed by atoms with Crippen molar-refractivity contribution < 1.29 is 22.7 Å². The number of aromatic nitrogens is 1. The van der Waals surface area contributed by atoms with E-state index in [4.69, 9.17) is 4.74 Å². The zero-order valence-corrected chi connectivity index (χ0v) is 9.52. The van der Waals surface area contributed by atoms with Crippen LogP contribution in [-0.2, 0) is 6.18 Å². The number of ether oxygens (including phenoxy) is 1. The number of benzene rings is 1. The van der Waals surface area contributed by atoms with Crippen molar-refractivity contribution in [3.8, 4) is 11.6 Å². The number of hydrogen-bond donors (Lipinski definition) is 0. The Labute approximate surface area is 106 Å². The molecular weight excluding hydrogens is 259 g/mol. The van der Waals surface area contributed by atoms with Gasteiger partial charge in [0.25, 0.3) is 0 Å². The Morgan fingerprint density at radius 2 is 1.79 bits per heavy atom. The maximum absolute atomic E-state index is 12.7. The fraction of sp³-hybridized carbons (Fsp3) is 0.0769. The van der Waals surface area contributed by atoms with Gasteiger partial charge in [-0.2, -0.15) is 13.2 Å². The summed E-state index contributed by atoms with van der Waals surface area (Å²) in [6, 6.07) is 7.77. The van der Waals surface area contributed by atoms with Gasteiger partial charge in [-0.1, -0.05) is 0 Å². The molecule has 0 saturated carbocycles. The van der Waals surface area contributed by atoms with Gasteiger partial charge in [0.15, 0.2) is 0 Å². The summed E-state index contributed by atoms with van der Waals surface area (Å²) in [6.07, 6.45) is -2.69. The molecule has 98 valence electrons. The predicted octanol–water partition coefficient (Wildman–Crippen LogP) is 3.71. The van der Waals surface area contributed by atoms with E-state index in [2.05, 4.69) is 4.98 Å². The lowest BCUT2D eigenvalue weighted by Crippen LogP contribution is -2.08. The highest BCUT2D eigenvalue weighted by molar-refractivity contribution is 5.74. The average Bonchev–Trinajstić information content (AvgIpc) is 2.39. The van der Waals surface area contributed by atoms with E-state index in [1.54, 1.807) is 0 Å². The Kier molecular flexibility index (Phi) is 3.50. The molecule has 3 nitrogen and oxygen atoms in total. The van der Waals surface area contributed by atoms with Crippen molar-refractivity contribution in [2.24, 2.45) is 0 Å². The first kappa shape index (κ1) is 13.1. The molecule has 0 aliphatic carbocycles. The Morgan fingerprint density at radius 3 is 2.37 bits per heavy atom. The minimum atomic E-state index is -4.54. The lowest BCUT2D eigenvalue weighted by Gasteiger charge is -2.12. The molecule has 2 rings (SSSR count). The summed E-state index contributed by atoms with van der Waals surface area (Å²) in [5, 5.41) is 0. The molecule has 0 atom stereocenters. The monoisotopic (exact) mass is 267 g/mol. The first-order valence-corrected chi connectivity index (χ1v) is 5.26. The number of carbonyl (C=O) groups is 1. The molecule has 0 bridgehead atoms. The summed E-state index contributed by atoms with van der Waals surface area (Å²) in [5.74, 6) is -0.344. The fourth-order valence-corrected chi connectivity index (χ4v) is 1.41. The van der Waals surface area contributed by atoms with Crippen LogP contribution in [0.5, 0.6) is 11.6 Å². The molecule has 0 aliphatic rings. The number of aldehydes is 1. The number of carbonyl (C=O) groups excluding carboxylic acids is 1. The Morgan fingerprint density at radius 1 is 1.11 bits per heavy atom. The number of pyridine rings is 1. The molecule has 0 N–H and O–H groups in total. The second kappa shape index (κ2) is 5.09. The van der Waals surface area contributed by atoms with E-state index < -0.39 is 17.6 Å². The van der Waals surface area contributed by atoms with Crippen molar-refractivity contribution in [2.45, 2.75) is 6.18 Å². The molecule has 19 heavy (non-hydrogen) atoms. The first-order valence-electron chi connectivity index (χ1n) is 5.26. The summed E-state index contributed by atoms with van der Waals surface area (Å²) in [6.45, 7) is 0. The van der Waals surface area contributed by atoms with Crippen LogP contribution in [0.3, 0.4) is 0 Å². The van der Waals surface area contributed by atoms with E-state index in [-0.39, 0.29) is 5.75 Å². The smallest absolute Gasteiger partial charge is 0.421 e. The highest BCUT2D eigenvalue weighted by Crippen LogP contribution is 2.36. The third-order valence-electron chi connectivity index (χ3n) is 2.31. The molecule has 1 aromatic carbocycles. The standard InChI is InChI=1S/C13H8F3NO2/c14-13(15,16)11-2-1-7-17-12(11)19-10-5-3-9(8-18)4-6-10/h1-8H. The third-order valence-corrected chi connectivity index (χ3v) is 2.31. The van der Waals surface area contributed by atoms with E-state index in [0.29, 0.717) is 11.8 Å². The molecule has 0 aliphatic heterocycles. The fourth-order valence-electron chi connectivity index (χ4n) is 1.41. The van der Waals surface area contributed by atoms with Crippen LogP contribution in [0.1, 0.15) is 15.9 Å². The van der Waals surface area contributed by atoms with E-state index >= 15 is 0 Å². The number of hydrogen-bond acceptors (Lipinski definition) is 3. The molecule has 1 heterocycles. The van der Waals surface area contributed by atoms with E-state index in [1.165, 1.54) is 36.5 Å². The second-order valence-corrected chi connectivity index (χ2v) is 3.64. The number of rotatable bonds is 3. The third kappa shape index (κ3) is 3.09. The van der Waals surface area contributed by atoms with Gasteiger partial charge >= 0.3 is 6.18 Å². The van der Waals surface area contributed by atoms with Crippen molar-refractivity contribution in [2.75, 3.05) is 0 Å². The normalized spacial score (nSPS) is 11.1. The molecule has 0 unspecified atom stereocenters.